The maximum Gasteiger partial charge on any atom is 0.149 e. The van der Waals surface area contributed by atoms with Gasteiger partial charge in [-0.1, -0.05) is 48.4 Å². The van der Waals surface area contributed by atoms with Gasteiger partial charge in [0.1, 0.15) is 48.2 Å². The van der Waals surface area contributed by atoms with Crippen LogP contribution in [0.15, 0.2) is 34.6 Å². The van der Waals surface area contributed by atoms with Crippen LogP contribution in [0, 0.1) is 11.8 Å². The average molecular weight is 497 g/mol. The minimum absolute atomic E-state index is 0.145. The predicted molar refractivity (Wildman–Crippen MR) is 136 cm³/mol. The van der Waals surface area contributed by atoms with Crippen LogP contribution in [0.1, 0.15) is 89.2 Å². The fourth-order valence-corrected chi connectivity index (χ4v) is 5.17. The molecule has 0 bridgehead atoms. The van der Waals surface area contributed by atoms with Crippen molar-refractivity contribution in [2.75, 3.05) is 13.2 Å². The van der Waals surface area contributed by atoms with Gasteiger partial charge in [-0.25, -0.2) is 0 Å². The van der Waals surface area contributed by atoms with Crippen molar-refractivity contribution in [2.45, 2.75) is 78.1 Å². The van der Waals surface area contributed by atoms with Crippen molar-refractivity contribution in [3.05, 3.63) is 35.4 Å². The Labute approximate surface area is 212 Å². The number of benzene rings is 1. The maximum absolute atomic E-state index is 13.0. The van der Waals surface area contributed by atoms with E-state index in [-0.39, 0.29) is 60.7 Å². The van der Waals surface area contributed by atoms with Gasteiger partial charge in [0.05, 0.1) is 11.4 Å². The number of hydrogen-bond donors (Lipinski definition) is 0. The topological polar surface area (TPSA) is 111 Å². The average Bonchev–Trinajstić information content (AvgIpc) is 2.87. The van der Waals surface area contributed by atoms with Crippen molar-refractivity contribution < 1.29 is 28.9 Å². The SMILES string of the molecule is CCO/N=C(/CC)C1C(=O)CC(c2cccc(C3CC(=O)C(/C(CC)=N\OCC)C(=O)C3)c2)CC1=O. The molecule has 1 aromatic carbocycles. The molecule has 2 aliphatic rings. The molecule has 2 aliphatic carbocycles. The fraction of sp³-hybridized carbons (Fsp3) is 0.571. The summed E-state index contributed by atoms with van der Waals surface area (Å²) in [6, 6.07) is 7.63. The number of Topliss-reactive ketones (excluding diaryl/α,β-unsaturated/α-hetero) is 4. The van der Waals surface area contributed by atoms with Crippen LogP contribution in [0.5, 0.6) is 0 Å². The molecular weight excluding hydrogens is 460 g/mol. The molecule has 0 heterocycles. The first kappa shape index (κ1) is 27.4. The fourth-order valence-electron chi connectivity index (χ4n) is 5.17. The van der Waals surface area contributed by atoms with E-state index in [0.29, 0.717) is 37.5 Å². The Balaban J connectivity index is 1.75. The van der Waals surface area contributed by atoms with Gasteiger partial charge in [-0.05, 0) is 49.7 Å². The van der Waals surface area contributed by atoms with Gasteiger partial charge in [-0.2, -0.15) is 0 Å². The molecule has 8 nitrogen and oxygen atoms in total. The van der Waals surface area contributed by atoms with Gasteiger partial charge < -0.3 is 9.68 Å². The second-order valence-electron chi connectivity index (χ2n) is 9.32. The van der Waals surface area contributed by atoms with Crippen molar-refractivity contribution in [1.29, 1.82) is 0 Å². The second kappa shape index (κ2) is 12.7. The maximum atomic E-state index is 13.0. The van der Waals surface area contributed by atoms with E-state index in [0.717, 1.165) is 11.1 Å². The van der Waals surface area contributed by atoms with E-state index in [2.05, 4.69) is 10.3 Å². The number of carbonyl (C=O) groups is 4. The highest BCUT2D eigenvalue weighted by atomic mass is 16.6. The molecule has 0 N–H and O–H groups in total. The highest BCUT2D eigenvalue weighted by molar-refractivity contribution is 6.23. The molecule has 0 saturated heterocycles. The molecule has 2 saturated carbocycles. The summed E-state index contributed by atoms with van der Waals surface area (Å²) in [6.07, 6.45) is 1.91. The van der Waals surface area contributed by atoms with Crippen molar-refractivity contribution in [2.24, 2.45) is 22.1 Å². The van der Waals surface area contributed by atoms with Crippen LogP contribution in [-0.2, 0) is 28.9 Å². The Morgan fingerprint density at radius 3 is 1.36 bits per heavy atom. The lowest BCUT2D eigenvalue weighted by molar-refractivity contribution is -0.134. The number of oxime groups is 2. The van der Waals surface area contributed by atoms with E-state index in [1.54, 1.807) is 13.8 Å². The molecule has 36 heavy (non-hydrogen) atoms. The van der Waals surface area contributed by atoms with Gasteiger partial charge in [-0.3, -0.25) is 19.2 Å². The molecule has 0 atom stereocenters. The number of hydrogen-bond acceptors (Lipinski definition) is 8. The summed E-state index contributed by atoms with van der Waals surface area (Å²) < 4.78 is 0. The molecule has 0 unspecified atom stereocenters. The van der Waals surface area contributed by atoms with E-state index in [1.165, 1.54) is 0 Å². The molecule has 0 radical (unpaired) electrons. The van der Waals surface area contributed by atoms with Crippen molar-refractivity contribution in [3.8, 4) is 0 Å². The molecule has 0 aliphatic heterocycles. The molecule has 0 aromatic heterocycles. The largest absolute Gasteiger partial charge is 0.396 e. The Morgan fingerprint density at radius 1 is 0.694 bits per heavy atom. The van der Waals surface area contributed by atoms with Crippen LogP contribution in [-0.4, -0.2) is 47.8 Å². The molecule has 0 amide bonds. The summed E-state index contributed by atoms with van der Waals surface area (Å²) in [4.78, 5) is 62.1. The van der Waals surface area contributed by atoms with Crippen LogP contribution in [0.2, 0.25) is 0 Å². The molecule has 8 heteroatoms. The number of nitrogens with zero attached hydrogens (tertiary/aromatic N) is 2. The number of rotatable bonds is 10. The van der Waals surface area contributed by atoms with E-state index in [1.807, 2.05) is 38.1 Å². The smallest absolute Gasteiger partial charge is 0.149 e. The third kappa shape index (κ3) is 6.15. The van der Waals surface area contributed by atoms with Crippen molar-refractivity contribution in [3.63, 3.8) is 0 Å². The zero-order chi connectivity index (χ0) is 26.2. The highest BCUT2D eigenvalue weighted by Gasteiger charge is 2.41. The zero-order valence-corrected chi connectivity index (χ0v) is 21.6. The van der Waals surface area contributed by atoms with Crippen molar-refractivity contribution >= 4 is 34.6 Å². The highest BCUT2D eigenvalue weighted by Crippen LogP contribution is 2.37. The summed E-state index contributed by atoms with van der Waals surface area (Å²) >= 11 is 0. The Morgan fingerprint density at radius 2 is 1.06 bits per heavy atom. The number of ketones is 4. The number of carbonyl (C=O) groups excluding carboxylic acids is 4. The van der Waals surface area contributed by atoms with Gasteiger partial charge in [0.15, 0.2) is 0 Å². The summed E-state index contributed by atoms with van der Waals surface area (Å²) in [7, 11) is 0. The van der Waals surface area contributed by atoms with Crippen LogP contribution in [0.25, 0.3) is 0 Å². The summed E-state index contributed by atoms with van der Waals surface area (Å²) in [5, 5.41) is 8.02. The molecule has 194 valence electrons. The van der Waals surface area contributed by atoms with E-state index < -0.39 is 11.8 Å². The first-order chi connectivity index (χ1) is 17.3. The normalized spacial score (nSPS) is 25.8. The van der Waals surface area contributed by atoms with E-state index >= 15 is 0 Å². The van der Waals surface area contributed by atoms with Gasteiger partial charge in [0.2, 0.25) is 0 Å². The first-order valence-electron chi connectivity index (χ1n) is 12.9. The van der Waals surface area contributed by atoms with Crippen LogP contribution in [0.3, 0.4) is 0 Å². The standard InChI is InChI=1S/C28H36N2O6/c1-5-21(29-35-7-3)27-23(31)13-19(14-24(27)32)17-10-9-11-18(12-17)20-15-25(33)28(26(34)16-20)22(6-2)30-36-8-4/h9-12,19-20,27-28H,5-8,13-16H2,1-4H3/b29-21-,30-22-. The van der Waals surface area contributed by atoms with Gasteiger partial charge >= 0.3 is 0 Å². The van der Waals surface area contributed by atoms with Gasteiger partial charge in [-0.15, -0.1) is 0 Å². The molecule has 1 aromatic rings. The summed E-state index contributed by atoms with van der Waals surface area (Å²) in [6.45, 7) is 8.07. The molecule has 3 rings (SSSR count). The predicted octanol–water partition coefficient (Wildman–Crippen LogP) is 4.56. The molecule has 0 spiro atoms. The van der Waals surface area contributed by atoms with Crippen LogP contribution < -0.4 is 0 Å². The van der Waals surface area contributed by atoms with Gasteiger partial charge in [0.25, 0.3) is 0 Å². The minimum atomic E-state index is -0.836. The summed E-state index contributed by atoms with van der Waals surface area (Å²) in [5.41, 5.74) is 2.71. The quantitative estimate of drug-likeness (QED) is 0.267. The third-order valence-electron chi connectivity index (χ3n) is 6.94. The monoisotopic (exact) mass is 496 g/mol. The lowest BCUT2D eigenvalue weighted by Gasteiger charge is -2.29. The molecular formula is C28H36N2O6. The lowest BCUT2D eigenvalue weighted by atomic mass is 9.72. The second-order valence-corrected chi connectivity index (χ2v) is 9.32. The molecule has 2 fully saturated rings. The van der Waals surface area contributed by atoms with E-state index in [4.69, 9.17) is 9.68 Å². The Hall–Kier alpha value is -3.16. The zero-order valence-electron chi connectivity index (χ0n) is 21.6. The lowest BCUT2D eigenvalue weighted by Crippen LogP contribution is -2.38. The van der Waals surface area contributed by atoms with Crippen LogP contribution >= 0.6 is 0 Å². The third-order valence-corrected chi connectivity index (χ3v) is 6.94. The first-order valence-corrected chi connectivity index (χ1v) is 12.9. The summed E-state index contributed by atoms with van der Waals surface area (Å²) in [5.74, 6) is -2.72. The van der Waals surface area contributed by atoms with Gasteiger partial charge in [0, 0.05) is 25.7 Å². The Bertz CT molecular complexity index is 945. The van der Waals surface area contributed by atoms with Crippen LogP contribution in [0.4, 0.5) is 0 Å². The Kier molecular flexibility index (Phi) is 9.67. The van der Waals surface area contributed by atoms with E-state index in [9.17, 15) is 19.2 Å². The van der Waals surface area contributed by atoms with Crippen molar-refractivity contribution in [1.82, 2.24) is 0 Å². The minimum Gasteiger partial charge on any atom is -0.396 e.